The van der Waals surface area contributed by atoms with E-state index in [1.165, 1.54) is 0 Å². The van der Waals surface area contributed by atoms with Crippen LogP contribution in [-0.2, 0) is 0 Å². The Labute approximate surface area is 82.5 Å². The summed E-state index contributed by atoms with van der Waals surface area (Å²) in [6.45, 7) is 1.85. The molecule has 0 aliphatic rings. The van der Waals surface area contributed by atoms with Gasteiger partial charge in [-0.3, -0.25) is 0 Å². The summed E-state index contributed by atoms with van der Waals surface area (Å²) in [4.78, 5) is 4.20. The lowest BCUT2D eigenvalue weighted by Crippen LogP contribution is -1.90. The highest BCUT2D eigenvalue weighted by molar-refractivity contribution is 9.10. The molecule has 0 spiro atoms. The zero-order valence-electron chi connectivity index (χ0n) is 6.25. The van der Waals surface area contributed by atoms with Crippen molar-refractivity contribution in [3.63, 3.8) is 0 Å². The Morgan fingerprint density at radius 2 is 2.25 bits per heavy atom. The van der Waals surface area contributed by atoms with Crippen molar-refractivity contribution in [2.45, 2.75) is 6.92 Å². The van der Waals surface area contributed by atoms with E-state index >= 15 is 0 Å². The summed E-state index contributed by atoms with van der Waals surface area (Å²) in [5.74, 6) is 0. The van der Waals surface area contributed by atoms with E-state index in [0.29, 0.717) is 5.15 Å². The summed E-state index contributed by atoms with van der Waals surface area (Å²) >= 11 is 9.19. The monoisotopic (exact) mass is 245 g/mol. The molecule has 2 rings (SSSR count). The molecule has 0 atom stereocenters. The molecule has 0 bridgehead atoms. The Kier molecular flexibility index (Phi) is 1.81. The lowest BCUT2D eigenvalue weighted by Gasteiger charge is -1.93. The number of nitrogens with zero attached hydrogens (tertiary/aromatic N) is 3. The third-order valence-corrected chi connectivity index (χ3v) is 2.41. The largest absolute Gasteiger partial charge is 0.231 e. The second kappa shape index (κ2) is 2.71. The Bertz CT molecular complexity index is 437. The molecular formula is C7H5BrClN3. The Hall–Kier alpha value is -0.610. The number of hydrogen-bond donors (Lipinski definition) is 0. The fourth-order valence-corrected chi connectivity index (χ4v) is 1.45. The first-order chi connectivity index (χ1) is 5.68. The average molecular weight is 246 g/mol. The van der Waals surface area contributed by atoms with Crippen LogP contribution in [0.15, 0.2) is 16.7 Å². The van der Waals surface area contributed by atoms with Crippen LogP contribution in [0.4, 0.5) is 0 Å². The summed E-state index contributed by atoms with van der Waals surface area (Å²) in [6, 6.07) is 3.69. The van der Waals surface area contributed by atoms with Crippen molar-refractivity contribution in [1.29, 1.82) is 0 Å². The van der Waals surface area contributed by atoms with Crippen LogP contribution in [0.3, 0.4) is 0 Å². The zero-order valence-corrected chi connectivity index (χ0v) is 8.59. The number of halogens is 2. The standard InChI is InChI=1S/C7H5BrClN3/c1-4-7(9)12-6(10-4)3-2-5(8)11-12/h2-3H,1H3. The van der Waals surface area contributed by atoms with Crippen molar-refractivity contribution in [3.8, 4) is 0 Å². The number of rotatable bonds is 0. The van der Waals surface area contributed by atoms with Crippen LogP contribution in [-0.4, -0.2) is 14.6 Å². The van der Waals surface area contributed by atoms with Crippen LogP contribution in [0.2, 0.25) is 5.15 Å². The van der Waals surface area contributed by atoms with E-state index in [1.807, 2.05) is 19.1 Å². The first kappa shape index (κ1) is 8.01. The average Bonchev–Trinajstić information content (AvgIpc) is 2.31. The third-order valence-electron chi connectivity index (χ3n) is 1.55. The Morgan fingerprint density at radius 1 is 1.50 bits per heavy atom. The smallest absolute Gasteiger partial charge is 0.155 e. The van der Waals surface area contributed by atoms with Gasteiger partial charge in [0.15, 0.2) is 10.8 Å². The van der Waals surface area contributed by atoms with Gasteiger partial charge in [-0.1, -0.05) is 11.6 Å². The maximum absolute atomic E-state index is 5.93. The summed E-state index contributed by atoms with van der Waals surface area (Å²) in [5, 5.41) is 4.70. The minimum atomic E-state index is 0.561. The van der Waals surface area contributed by atoms with Crippen LogP contribution >= 0.6 is 27.5 Å². The summed E-state index contributed by atoms with van der Waals surface area (Å²) in [5.41, 5.74) is 1.56. The number of hydrogen-bond acceptors (Lipinski definition) is 2. The highest BCUT2D eigenvalue weighted by Gasteiger charge is 2.06. The van der Waals surface area contributed by atoms with Gasteiger partial charge in [0, 0.05) is 0 Å². The highest BCUT2D eigenvalue weighted by Crippen LogP contribution is 2.17. The molecule has 0 fully saturated rings. The minimum absolute atomic E-state index is 0.561. The predicted molar refractivity (Wildman–Crippen MR) is 50.4 cm³/mol. The first-order valence-electron chi connectivity index (χ1n) is 3.36. The zero-order chi connectivity index (χ0) is 8.72. The molecule has 0 amide bonds. The van der Waals surface area contributed by atoms with Crippen molar-refractivity contribution in [2.75, 3.05) is 0 Å². The normalized spacial score (nSPS) is 10.9. The first-order valence-corrected chi connectivity index (χ1v) is 4.53. The van der Waals surface area contributed by atoms with Crippen molar-refractivity contribution < 1.29 is 0 Å². The molecule has 0 radical (unpaired) electrons. The molecule has 0 N–H and O–H groups in total. The van der Waals surface area contributed by atoms with Gasteiger partial charge >= 0.3 is 0 Å². The van der Waals surface area contributed by atoms with Gasteiger partial charge in [0.1, 0.15) is 4.60 Å². The van der Waals surface area contributed by atoms with Crippen molar-refractivity contribution in [2.24, 2.45) is 0 Å². The quantitative estimate of drug-likeness (QED) is 0.715. The lowest BCUT2D eigenvalue weighted by atomic mass is 10.6. The molecule has 62 valence electrons. The number of imidazole rings is 1. The summed E-state index contributed by atoms with van der Waals surface area (Å²) in [6.07, 6.45) is 0. The van der Waals surface area contributed by atoms with Crippen molar-refractivity contribution in [3.05, 3.63) is 27.6 Å². The molecule has 2 aromatic rings. The molecule has 0 aliphatic heterocycles. The molecule has 0 saturated carbocycles. The molecule has 5 heteroatoms. The number of aromatic nitrogens is 3. The third kappa shape index (κ3) is 1.11. The molecule has 2 heterocycles. The summed E-state index contributed by atoms with van der Waals surface area (Å²) < 4.78 is 2.34. The van der Waals surface area contributed by atoms with E-state index < -0.39 is 0 Å². The van der Waals surface area contributed by atoms with Crippen LogP contribution in [0.25, 0.3) is 5.65 Å². The van der Waals surface area contributed by atoms with E-state index in [9.17, 15) is 0 Å². The van der Waals surface area contributed by atoms with E-state index in [4.69, 9.17) is 11.6 Å². The lowest BCUT2D eigenvalue weighted by molar-refractivity contribution is 0.916. The van der Waals surface area contributed by atoms with Gasteiger partial charge in [-0.05, 0) is 35.0 Å². The molecule has 12 heavy (non-hydrogen) atoms. The van der Waals surface area contributed by atoms with Gasteiger partial charge in [0.25, 0.3) is 0 Å². The van der Waals surface area contributed by atoms with Crippen LogP contribution < -0.4 is 0 Å². The molecule has 3 nitrogen and oxygen atoms in total. The van der Waals surface area contributed by atoms with Crippen LogP contribution in [0.5, 0.6) is 0 Å². The molecule has 0 saturated heterocycles. The number of aryl methyl sites for hydroxylation is 1. The van der Waals surface area contributed by atoms with E-state index in [-0.39, 0.29) is 0 Å². The van der Waals surface area contributed by atoms with Gasteiger partial charge in [0.2, 0.25) is 0 Å². The molecule has 0 unspecified atom stereocenters. The van der Waals surface area contributed by atoms with Gasteiger partial charge in [0.05, 0.1) is 5.69 Å². The fourth-order valence-electron chi connectivity index (χ4n) is 0.994. The molecule has 0 aromatic carbocycles. The van der Waals surface area contributed by atoms with Gasteiger partial charge in [-0.15, -0.1) is 0 Å². The topological polar surface area (TPSA) is 30.2 Å². The second-order valence-corrected chi connectivity index (χ2v) is 3.58. The molecule has 2 aromatic heterocycles. The minimum Gasteiger partial charge on any atom is -0.231 e. The number of fused-ring (bicyclic) bond motifs is 1. The van der Waals surface area contributed by atoms with Crippen LogP contribution in [0.1, 0.15) is 5.69 Å². The molecule has 0 aliphatic carbocycles. The highest BCUT2D eigenvalue weighted by atomic mass is 79.9. The Morgan fingerprint density at radius 3 is 3.00 bits per heavy atom. The van der Waals surface area contributed by atoms with Gasteiger partial charge < -0.3 is 0 Å². The van der Waals surface area contributed by atoms with Gasteiger partial charge in [-0.25, -0.2) is 9.50 Å². The molecular weight excluding hydrogens is 241 g/mol. The fraction of sp³-hybridized carbons (Fsp3) is 0.143. The summed E-state index contributed by atoms with van der Waals surface area (Å²) in [7, 11) is 0. The predicted octanol–water partition coefficient (Wildman–Crippen LogP) is 2.45. The van der Waals surface area contributed by atoms with Crippen LogP contribution in [0, 0.1) is 6.92 Å². The maximum Gasteiger partial charge on any atom is 0.155 e. The second-order valence-electron chi connectivity index (χ2n) is 2.41. The Balaban J connectivity index is 2.88. The SMILES string of the molecule is Cc1nc2ccc(Br)nn2c1Cl. The van der Waals surface area contributed by atoms with E-state index in [1.54, 1.807) is 4.52 Å². The van der Waals surface area contributed by atoms with Gasteiger partial charge in [-0.2, -0.15) is 5.10 Å². The maximum atomic E-state index is 5.93. The van der Waals surface area contributed by atoms with E-state index in [0.717, 1.165) is 15.9 Å². The van der Waals surface area contributed by atoms with Crippen molar-refractivity contribution in [1.82, 2.24) is 14.6 Å². The van der Waals surface area contributed by atoms with E-state index in [2.05, 4.69) is 26.0 Å². The van der Waals surface area contributed by atoms with Crippen molar-refractivity contribution >= 4 is 33.2 Å².